The van der Waals surface area contributed by atoms with Gasteiger partial charge in [-0.1, -0.05) is 16.8 Å². The molecule has 0 atom stereocenters. The molecule has 2 aromatic carbocycles. The molecular formula is C25H32ClN3O4. The summed E-state index contributed by atoms with van der Waals surface area (Å²) in [6.07, 6.45) is 4.49. The van der Waals surface area contributed by atoms with Gasteiger partial charge in [-0.3, -0.25) is 9.80 Å². The highest BCUT2D eigenvalue weighted by Crippen LogP contribution is 2.34. The van der Waals surface area contributed by atoms with E-state index in [1.165, 1.54) is 17.3 Å². The molecule has 0 aromatic heterocycles. The normalized spacial score (nSPS) is 17.9. The first-order valence-electron chi connectivity index (χ1n) is 11.4. The number of piperidine rings is 1. The number of fused-ring (bicyclic) bond motifs is 1. The number of phenols is 1. The van der Waals surface area contributed by atoms with Crippen LogP contribution in [0.5, 0.6) is 17.2 Å². The van der Waals surface area contributed by atoms with E-state index in [9.17, 15) is 5.11 Å². The first kappa shape index (κ1) is 23.7. The van der Waals surface area contributed by atoms with Gasteiger partial charge in [-0.2, -0.15) is 0 Å². The number of phenolic OH excluding ortho intramolecular Hbond substituents is 1. The molecule has 33 heavy (non-hydrogen) atoms. The van der Waals surface area contributed by atoms with Gasteiger partial charge in [-0.25, -0.2) is 0 Å². The van der Waals surface area contributed by atoms with Crippen LogP contribution in [0.15, 0.2) is 29.4 Å². The van der Waals surface area contributed by atoms with Crippen LogP contribution in [0.1, 0.15) is 35.1 Å². The van der Waals surface area contributed by atoms with Crippen LogP contribution in [-0.2, 0) is 19.5 Å². The number of nitrogens with zero attached hydrogens (tertiary/aromatic N) is 3. The summed E-state index contributed by atoms with van der Waals surface area (Å²) < 4.78 is 10.9. The summed E-state index contributed by atoms with van der Waals surface area (Å²) in [6, 6.07) is 7.62. The molecule has 0 unspecified atom stereocenters. The first-order valence-corrected chi connectivity index (χ1v) is 11.8. The third-order valence-corrected chi connectivity index (χ3v) is 7.01. The van der Waals surface area contributed by atoms with E-state index in [0.717, 1.165) is 69.0 Å². The topological polar surface area (TPSA) is 77.8 Å². The first-order chi connectivity index (χ1) is 16.0. The zero-order chi connectivity index (χ0) is 23.4. The average molecular weight is 474 g/mol. The number of ether oxygens (including phenoxy) is 2. The molecule has 8 heteroatoms. The third kappa shape index (κ3) is 5.54. The second-order valence-electron chi connectivity index (χ2n) is 8.93. The van der Waals surface area contributed by atoms with Crippen molar-refractivity contribution < 1.29 is 19.8 Å². The van der Waals surface area contributed by atoms with E-state index >= 15 is 0 Å². The van der Waals surface area contributed by atoms with Crippen LogP contribution in [0.3, 0.4) is 0 Å². The largest absolute Gasteiger partial charge is 0.507 e. The molecule has 0 spiro atoms. The van der Waals surface area contributed by atoms with E-state index in [1.54, 1.807) is 26.4 Å². The summed E-state index contributed by atoms with van der Waals surface area (Å²) >= 11 is 6.19. The molecule has 1 saturated heterocycles. The summed E-state index contributed by atoms with van der Waals surface area (Å²) in [7, 11) is 3.37. The van der Waals surface area contributed by atoms with Crippen LogP contribution in [0, 0.1) is 5.92 Å². The van der Waals surface area contributed by atoms with Gasteiger partial charge < -0.3 is 19.8 Å². The van der Waals surface area contributed by atoms with E-state index in [4.69, 9.17) is 26.3 Å². The Balaban J connectivity index is 1.32. The molecule has 2 heterocycles. The van der Waals surface area contributed by atoms with Crippen molar-refractivity contribution in [3.05, 3.63) is 51.5 Å². The Kier molecular flexibility index (Phi) is 7.63. The summed E-state index contributed by atoms with van der Waals surface area (Å²) in [5.74, 6) is 2.38. The molecule has 0 saturated carbocycles. The van der Waals surface area contributed by atoms with Gasteiger partial charge in [-0.15, -0.1) is 0 Å². The summed E-state index contributed by atoms with van der Waals surface area (Å²) in [6.45, 7) is 5.70. The van der Waals surface area contributed by atoms with E-state index < -0.39 is 0 Å². The Hall–Kier alpha value is -2.48. The highest BCUT2D eigenvalue weighted by molar-refractivity contribution is 6.31. The zero-order valence-corrected chi connectivity index (χ0v) is 20.0. The summed E-state index contributed by atoms with van der Waals surface area (Å²) in [5.41, 5.74) is 3.86. The zero-order valence-electron chi connectivity index (χ0n) is 19.3. The van der Waals surface area contributed by atoms with E-state index in [2.05, 4.69) is 27.1 Å². The molecule has 0 amide bonds. The van der Waals surface area contributed by atoms with Crippen molar-refractivity contribution in [1.82, 2.24) is 9.80 Å². The predicted molar refractivity (Wildman–Crippen MR) is 129 cm³/mol. The summed E-state index contributed by atoms with van der Waals surface area (Å²) in [5, 5.41) is 22.8. The van der Waals surface area contributed by atoms with Gasteiger partial charge in [0, 0.05) is 42.3 Å². The molecule has 2 aliphatic heterocycles. The van der Waals surface area contributed by atoms with Crippen LogP contribution in [0.25, 0.3) is 0 Å². The van der Waals surface area contributed by atoms with Gasteiger partial charge >= 0.3 is 0 Å². The number of oxime groups is 1. The molecule has 1 fully saturated rings. The van der Waals surface area contributed by atoms with Crippen LogP contribution >= 0.6 is 11.6 Å². The second-order valence-corrected chi connectivity index (χ2v) is 9.36. The third-order valence-electron chi connectivity index (χ3n) is 6.79. The quantitative estimate of drug-likeness (QED) is 0.357. The SMILES string of the molecule is COc1cc2c(cc1OC)CN(CC1CCN(Cc3cc(Cl)cc(/C=N/O)c3O)CC1)CC2. The van der Waals surface area contributed by atoms with Crippen LogP contribution < -0.4 is 9.47 Å². The summed E-state index contributed by atoms with van der Waals surface area (Å²) in [4.78, 5) is 4.91. The van der Waals surface area contributed by atoms with Gasteiger partial charge in [0.15, 0.2) is 11.5 Å². The molecule has 7 nitrogen and oxygen atoms in total. The van der Waals surface area contributed by atoms with E-state index in [-0.39, 0.29) is 5.75 Å². The highest BCUT2D eigenvalue weighted by atomic mass is 35.5. The molecule has 4 rings (SSSR count). The Morgan fingerprint density at radius 2 is 1.73 bits per heavy atom. The maximum Gasteiger partial charge on any atom is 0.161 e. The fourth-order valence-electron chi connectivity index (χ4n) is 4.99. The Bertz CT molecular complexity index is 1010. The van der Waals surface area contributed by atoms with Crippen molar-refractivity contribution in [2.45, 2.75) is 32.4 Å². The molecule has 0 bridgehead atoms. The van der Waals surface area contributed by atoms with Crippen molar-refractivity contribution in [2.24, 2.45) is 11.1 Å². The minimum absolute atomic E-state index is 0.123. The lowest BCUT2D eigenvalue weighted by Crippen LogP contribution is -2.40. The molecular weight excluding hydrogens is 442 g/mol. The second kappa shape index (κ2) is 10.6. The lowest BCUT2D eigenvalue weighted by atomic mass is 9.93. The van der Waals surface area contributed by atoms with Crippen LogP contribution in [0.4, 0.5) is 0 Å². The van der Waals surface area contributed by atoms with Crippen molar-refractivity contribution in [1.29, 1.82) is 0 Å². The Morgan fingerprint density at radius 1 is 1.03 bits per heavy atom. The minimum atomic E-state index is 0.123. The van der Waals surface area contributed by atoms with Crippen molar-refractivity contribution in [3.8, 4) is 17.2 Å². The van der Waals surface area contributed by atoms with Crippen molar-refractivity contribution in [2.75, 3.05) is 40.4 Å². The number of hydrogen-bond acceptors (Lipinski definition) is 7. The number of halogens is 1. The standard InChI is InChI=1S/C25H32ClN3O4/c1-32-23-11-18-5-8-29(15-20(18)12-24(23)33-2)14-17-3-6-28(7-4-17)16-21-10-22(26)9-19(13-27-31)25(21)30/h9-13,17,30-31H,3-8,14-16H2,1-2H3/b27-13+. The minimum Gasteiger partial charge on any atom is -0.507 e. The predicted octanol–water partition coefficient (Wildman–Crippen LogP) is 4.14. The lowest BCUT2D eigenvalue weighted by molar-refractivity contribution is 0.132. The average Bonchev–Trinajstić information content (AvgIpc) is 2.82. The van der Waals surface area contributed by atoms with Gasteiger partial charge in [-0.05, 0) is 73.7 Å². The molecule has 0 radical (unpaired) electrons. The van der Waals surface area contributed by atoms with E-state index in [1.807, 2.05) is 0 Å². The number of aromatic hydroxyl groups is 1. The molecule has 2 N–H and O–H groups in total. The fourth-order valence-corrected chi connectivity index (χ4v) is 5.24. The smallest absolute Gasteiger partial charge is 0.161 e. The molecule has 178 valence electrons. The monoisotopic (exact) mass is 473 g/mol. The van der Waals surface area contributed by atoms with E-state index in [0.29, 0.717) is 23.0 Å². The van der Waals surface area contributed by atoms with Gasteiger partial charge in [0.05, 0.1) is 20.4 Å². The van der Waals surface area contributed by atoms with Crippen LogP contribution in [-0.4, -0.2) is 66.7 Å². The molecule has 2 aliphatic rings. The Morgan fingerprint density at radius 3 is 2.39 bits per heavy atom. The maximum absolute atomic E-state index is 10.5. The number of rotatable bonds is 7. The number of hydrogen-bond donors (Lipinski definition) is 2. The van der Waals surface area contributed by atoms with Gasteiger partial charge in [0.2, 0.25) is 0 Å². The number of methoxy groups -OCH3 is 2. The molecule has 0 aliphatic carbocycles. The lowest BCUT2D eigenvalue weighted by Gasteiger charge is -2.37. The van der Waals surface area contributed by atoms with Crippen LogP contribution in [0.2, 0.25) is 5.02 Å². The highest BCUT2D eigenvalue weighted by Gasteiger charge is 2.25. The van der Waals surface area contributed by atoms with Crippen molar-refractivity contribution >= 4 is 17.8 Å². The number of benzene rings is 2. The fraction of sp³-hybridized carbons (Fsp3) is 0.480. The molecule has 2 aromatic rings. The maximum atomic E-state index is 10.5. The number of likely N-dealkylation sites (tertiary alicyclic amines) is 1. The van der Waals surface area contributed by atoms with Gasteiger partial charge in [0.25, 0.3) is 0 Å². The van der Waals surface area contributed by atoms with Gasteiger partial charge in [0.1, 0.15) is 5.75 Å². The van der Waals surface area contributed by atoms with Crippen molar-refractivity contribution in [3.63, 3.8) is 0 Å². The Labute approximate surface area is 200 Å².